The molecule has 0 aromatic carbocycles. The number of carbonyl (C=O) groups is 1. The number of aryl methyl sites for hydroxylation is 2. The van der Waals surface area contributed by atoms with Crippen LogP contribution in [0.15, 0.2) is 0 Å². The van der Waals surface area contributed by atoms with Gasteiger partial charge in [-0.1, -0.05) is 32.1 Å². The summed E-state index contributed by atoms with van der Waals surface area (Å²) in [5, 5.41) is 13.2. The van der Waals surface area contributed by atoms with Crippen LogP contribution in [0.1, 0.15) is 46.2 Å². The minimum Gasteiger partial charge on any atom is -0.296 e. The SMILES string of the molecule is CCc1nnc(NC(=O)c2sc(CC(C)C)nc2C)s1. The number of aromatic nitrogens is 3. The monoisotopic (exact) mass is 310 g/mol. The van der Waals surface area contributed by atoms with E-state index in [1.165, 1.54) is 22.7 Å². The third-order valence-corrected chi connectivity index (χ3v) is 4.78. The van der Waals surface area contributed by atoms with E-state index in [2.05, 4.69) is 34.3 Å². The molecule has 0 atom stereocenters. The minimum atomic E-state index is -0.145. The largest absolute Gasteiger partial charge is 0.296 e. The smallest absolute Gasteiger partial charge is 0.269 e. The molecule has 2 rings (SSSR count). The molecule has 0 saturated heterocycles. The van der Waals surface area contributed by atoms with Crippen molar-refractivity contribution in [2.75, 3.05) is 5.32 Å². The molecule has 0 unspecified atom stereocenters. The fourth-order valence-corrected chi connectivity index (χ4v) is 3.55. The Morgan fingerprint density at radius 1 is 1.25 bits per heavy atom. The lowest BCUT2D eigenvalue weighted by molar-refractivity contribution is 0.102. The molecule has 1 N–H and O–H groups in total. The van der Waals surface area contributed by atoms with Crippen LogP contribution in [0.25, 0.3) is 0 Å². The number of hydrogen-bond acceptors (Lipinski definition) is 6. The second-order valence-corrected chi connectivity index (χ2v) is 7.07. The van der Waals surface area contributed by atoms with Crippen LogP contribution >= 0.6 is 22.7 Å². The average molecular weight is 310 g/mol. The molecule has 0 aliphatic heterocycles. The first-order chi connectivity index (χ1) is 9.49. The van der Waals surface area contributed by atoms with Gasteiger partial charge in [-0.25, -0.2) is 4.98 Å². The van der Waals surface area contributed by atoms with Gasteiger partial charge in [-0.15, -0.1) is 21.5 Å². The van der Waals surface area contributed by atoms with Crippen molar-refractivity contribution in [1.82, 2.24) is 15.2 Å². The van der Waals surface area contributed by atoms with E-state index >= 15 is 0 Å². The highest BCUT2D eigenvalue weighted by molar-refractivity contribution is 7.16. The zero-order valence-corrected chi connectivity index (χ0v) is 13.7. The number of thiazole rings is 1. The summed E-state index contributed by atoms with van der Waals surface area (Å²) in [5.74, 6) is 0.389. The molecule has 0 spiro atoms. The van der Waals surface area contributed by atoms with Gasteiger partial charge in [0.15, 0.2) is 0 Å². The number of nitrogens with zero attached hydrogens (tertiary/aromatic N) is 3. The Kier molecular flexibility index (Phi) is 4.82. The molecule has 1 amide bonds. The van der Waals surface area contributed by atoms with Gasteiger partial charge in [0, 0.05) is 6.42 Å². The van der Waals surface area contributed by atoms with Crippen LogP contribution < -0.4 is 5.32 Å². The first-order valence-electron chi connectivity index (χ1n) is 6.59. The van der Waals surface area contributed by atoms with Crippen LogP contribution in [-0.2, 0) is 12.8 Å². The Balaban J connectivity index is 2.10. The van der Waals surface area contributed by atoms with Crippen molar-refractivity contribution in [2.45, 2.75) is 40.5 Å². The second-order valence-electron chi connectivity index (χ2n) is 4.93. The van der Waals surface area contributed by atoms with Crippen molar-refractivity contribution in [3.8, 4) is 0 Å². The maximum absolute atomic E-state index is 12.2. The molecule has 0 aliphatic rings. The first kappa shape index (κ1) is 15.1. The Morgan fingerprint density at radius 2 is 2.00 bits per heavy atom. The lowest BCUT2D eigenvalue weighted by Gasteiger charge is -1.99. The average Bonchev–Trinajstić information content (AvgIpc) is 2.95. The molecule has 0 saturated carbocycles. The summed E-state index contributed by atoms with van der Waals surface area (Å²) >= 11 is 2.87. The van der Waals surface area contributed by atoms with E-state index in [-0.39, 0.29) is 5.91 Å². The van der Waals surface area contributed by atoms with Gasteiger partial charge in [0.25, 0.3) is 5.91 Å². The van der Waals surface area contributed by atoms with Gasteiger partial charge in [0.1, 0.15) is 9.88 Å². The fourth-order valence-electron chi connectivity index (χ4n) is 1.70. The normalized spacial score (nSPS) is 11.1. The van der Waals surface area contributed by atoms with Crippen LogP contribution in [-0.4, -0.2) is 21.1 Å². The highest BCUT2D eigenvalue weighted by Crippen LogP contribution is 2.23. The highest BCUT2D eigenvalue weighted by Gasteiger charge is 2.17. The summed E-state index contributed by atoms with van der Waals surface area (Å²) in [5.41, 5.74) is 0.781. The number of carbonyl (C=O) groups excluding carboxylic acids is 1. The Morgan fingerprint density at radius 3 is 2.60 bits per heavy atom. The van der Waals surface area contributed by atoms with Gasteiger partial charge in [0.05, 0.1) is 10.7 Å². The van der Waals surface area contributed by atoms with E-state index in [1.54, 1.807) is 0 Å². The third kappa shape index (κ3) is 3.61. The molecule has 108 valence electrons. The molecule has 2 aromatic heterocycles. The lowest BCUT2D eigenvalue weighted by Crippen LogP contribution is -2.11. The Labute approximate surface area is 126 Å². The fraction of sp³-hybridized carbons (Fsp3) is 0.538. The van der Waals surface area contributed by atoms with E-state index in [0.29, 0.717) is 15.9 Å². The minimum absolute atomic E-state index is 0.145. The second kappa shape index (κ2) is 6.41. The summed E-state index contributed by atoms with van der Waals surface area (Å²) in [6.07, 6.45) is 1.73. The van der Waals surface area contributed by atoms with Crippen molar-refractivity contribution >= 4 is 33.7 Å². The molecule has 5 nitrogen and oxygen atoms in total. The number of rotatable bonds is 5. The van der Waals surface area contributed by atoms with E-state index in [1.807, 2.05) is 13.8 Å². The van der Waals surface area contributed by atoms with E-state index in [4.69, 9.17) is 0 Å². The quantitative estimate of drug-likeness (QED) is 0.920. The number of hydrogen-bond donors (Lipinski definition) is 1. The molecule has 0 fully saturated rings. The molecule has 2 heterocycles. The summed E-state index contributed by atoms with van der Waals surface area (Å²) < 4.78 is 0. The van der Waals surface area contributed by atoms with Crippen molar-refractivity contribution in [1.29, 1.82) is 0 Å². The van der Waals surface area contributed by atoms with Crippen molar-refractivity contribution in [3.05, 3.63) is 20.6 Å². The Hall–Kier alpha value is -1.34. The topological polar surface area (TPSA) is 67.8 Å². The van der Waals surface area contributed by atoms with Crippen LogP contribution in [0.4, 0.5) is 5.13 Å². The first-order valence-corrected chi connectivity index (χ1v) is 8.23. The third-order valence-electron chi connectivity index (χ3n) is 2.62. The van der Waals surface area contributed by atoms with Crippen molar-refractivity contribution in [3.63, 3.8) is 0 Å². The standard InChI is InChI=1S/C13H18N4OS2/c1-5-9-16-17-13(20-9)15-12(18)11-8(4)14-10(19-11)6-7(2)3/h7H,5-6H2,1-4H3,(H,15,17,18). The predicted octanol–water partition coefficient (Wildman–Crippen LogP) is 3.32. The van der Waals surface area contributed by atoms with Crippen LogP contribution in [0.3, 0.4) is 0 Å². The summed E-state index contributed by atoms with van der Waals surface area (Å²) in [4.78, 5) is 17.4. The highest BCUT2D eigenvalue weighted by atomic mass is 32.1. The maximum Gasteiger partial charge on any atom is 0.269 e. The lowest BCUT2D eigenvalue weighted by atomic mass is 10.1. The molecule has 20 heavy (non-hydrogen) atoms. The maximum atomic E-state index is 12.2. The van der Waals surface area contributed by atoms with E-state index < -0.39 is 0 Å². The number of anilines is 1. The van der Waals surface area contributed by atoms with Crippen molar-refractivity contribution in [2.24, 2.45) is 5.92 Å². The van der Waals surface area contributed by atoms with Crippen molar-refractivity contribution < 1.29 is 4.79 Å². The van der Waals surface area contributed by atoms with E-state index in [9.17, 15) is 4.79 Å². The summed E-state index contributed by atoms with van der Waals surface area (Å²) in [6.45, 7) is 8.17. The zero-order chi connectivity index (χ0) is 14.7. The predicted molar refractivity (Wildman–Crippen MR) is 82.6 cm³/mol. The van der Waals surface area contributed by atoms with Gasteiger partial charge in [-0.2, -0.15) is 0 Å². The van der Waals surface area contributed by atoms with Gasteiger partial charge < -0.3 is 0 Å². The summed E-state index contributed by atoms with van der Waals surface area (Å²) in [7, 11) is 0. The molecule has 0 aliphatic carbocycles. The zero-order valence-electron chi connectivity index (χ0n) is 12.1. The molecular formula is C13H18N4OS2. The van der Waals surface area contributed by atoms with Gasteiger partial charge in [0.2, 0.25) is 5.13 Å². The Bertz CT molecular complexity index is 603. The molecule has 7 heteroatoms. The van der Waals surface area contributed by atoms with Crippen LogP contribution in [0.5, 0.6) is 0 Å². The molecule has 0 radical (unpaired) electrons. The van der Waals surface area contributed by atoms with Gasteiger partial charge >= 0.3 is 0 Å². The summed E-state index contributed by atoms with van der Waals surface area (Å²) in [6, 6.07) is 0. The molecule has 0 bridgehead atoms. The van der Waals surface area contributed by atoms with Gasteiger partial charge in [-0.05, 0) is 19.3 Å². The molecule has 2 aromatic rings. The number of amides is 1. The van der Waals surface area contributed by atoms with Gasteiger partial charge in [-0.3, -0.25) is 10.1 Å². The number of nitrogens with one attached hydrogen (secondary N) is 1. The van der Waals surface area contributed by atoms with Crippen LogP contribution in [0.2, 0.25) is 0 Å². The van der Waals surface area contributed by atoms with Crippen LogP contribution in [0, 0.1) is 12.8 Å². The van der Waals surface area contributed by atoms with E-state index in [0.717, 1.165) is 28.6 Å². The molecular weight excluding hydrogens is 292 g/mol.